The van der Waals surface area contributed by atoms with Gasteiger partial charge < -0.3 is 10.1 Å². The summed E-state index contributed by atoms with van der Waals surface area (Å²) in [6.45, 7) is 3.13. The average molecular weight is 318 g/mol. The second kappa shape index (κ2) is 7.43. The highest BCUT2D eigenvalue weighted by Crippen LogP contribution is 2.19. The monoisotopic (exact) mass is 317 g/mol. The van der Waals surface area contributed by atoms with Gasteiger partial charge in [0.2, 0.25) is 0 Å². The van der Waals surface area contributed by atoms with E-state index in [4.69, 9.17) is 4.74 Å². The van der Waals surface area contributed by atoms with Gasteiger partial charge in [-0.15, -0.1) is 12.4 Å². The lowest BCUT2D eigenvalue weighted by atomic mass is 9.94. The highest BCUT2D eigenvalue weighted by Gasteiger charge is 2.25. The van der Waals surface area contributed by atoms with E-state index in [0.29, 0.717) is 13.0 Å². The molecule has 0 fully saturated rings. The van der Waals surface area contributed by atoms with Crippen LogP contribution in [0.3, 0.4) is 0 Å². The van der Waals surface area contributed by atoms with E-state index in [2.05, 4.69) is 30.4 Å². The molecule has 116 valence electrons. The Morgan fingerprint density at radius 2 is 1.95 bits per heavy atom. The number of benzene rings is 2. The first-order valence-corrected chi connectivity index (χ1v) is 7.25. The van der Waals surface area contributed by atoms with Gasteiger partial charge in [0.15, 0.2) is 0 Å². The van der Waals surface area contributed by atoms with Crippen molar-refractivity contribution in [3.05, 3.63) is 70.8 Å². The third-order valence-electron chi connectivity index (χ3n) is 3.83. The van der Waals surface area contributed by atoms with Crippen molar-refractivity contribution < 1.29 is 9.53 Å². The van der Waals surface area contributed by atoms with Gasteiger partial charge in [0.1, 0.15) is 12.6 Å². The average Bonchev–Trinajstić information content (AvgIpc) is 2.53. The van der Waals surface area contributed by atoms with Gasteiger partial charge in [-0.2, -0.15) is 0 Å². The molecular formula is C18H20ClNO2. The van der Waals surface area contributed by atoms with Crippen molar-refractivity contribution in [1.29, 1.82) is 0 Å². The first-order valence-electron chi connectivity index (χ1n) is 7.25. The maximum atomic E-state index is 12.2. The minimum atomic E-state index is -0.247. The van der Waals surface area contributed by atoms with Gasteiger partial charge in [0, 0.05) is 6.54 Å². The number of hydrogen-bond donors (Lipinski definition) is 1. The molecule has 22 heavy (non-hydrogen) atoms. The topological polar surface area (TPSA) is 38.3 Å². The third-order valence-corrected chi connectivity index (χ3v) is 3.83. The second-order valence-electron chi connectivity index (χ2n) is 5.50. The van der Waals surface area contributed by atoms with Gasteiger partial charge in [0.25, 0.3) is 0 Å². The van der Waals surface area contributed by atoms with E-state index in [1.54, 1.807) is 0 Å². The van der Waals surface area contributed by atoms with Crippen molar-refractivity contribution in [2.24, 2.45) is 0 Å². The first-order chi connectivity index (χ1) is 10.2. The van der Waals surface area contributed by atoms with E-state index >= 15 is 0 Å². The molecule has 1 N–H and O–H groups in total. The summed E-state index contributed by atoms with van der Waals surface area (Å²) in [5.41, 5.74) is 4.76. The van der Waals surface area contributed by atoms with E-state index in [0.717, 1.165) is 12.1 Å². The Hall–Kier alpha value is -1.84. The van der Waals surface area contributed by atoms with E-state index in [1.807, 2.05) is 30.3 Å². The van der Waals surface area contributed by atoms with Crippen molar-refractivity contribution in [1.82, 2.24) is 5.32 Å². The Morgan fingerprint density at radius 1 is 1.18 bits per heavy atom. The van der Waals surface area contributed by atoms with Crippen molar-refractivity contribution in [3.8, 4) is 0 Å². The number of nitrogens with one attached hydrogen (secondary N) is 1. The number of fused-ring (bicyclic) bond motifs is 1. The number of ether oxygens (including phenoxy) is 1. The summed E-state index contributed by atoms with van der Waals surface area (Å²) in [4.78, 5) is 12.2. The van der Waals surface area contributed by atoms with Crippen LogP contribution in [0.1, 0.15) is 22.3 Å². The van der Waals surface area contributed by atoms with Gasteiger partial charge in [-0.3, -0.25) is 4.79 Å². The minimum absolute atomic E-state index is 0. The normalized spacial score (nSPS) is 16.3. The summed E-state index contributed by atoms with van der Waals surface area (Å²) in [5, 5.41) is 3.26. The summed E-state index contributed by atoms with van der Waals surface area (Å²) in [6.07, 6.45) is 0.699. The second-order valence-corrected chi connectivity index (χ2v) is 5.50. The third kappa shape index (κ3) is 3.87. The molecule has 2 aromatic carbocycles. The Kier molecular flexibility index (Phi) is 5.58. The van der Waals surface area contributed by atoms with Crippen LogP contribution in [0.25, 0.3) is 0 Å². The zero-order valence-electron chi connectivity index (χ0n) is 12.5. The molecule has 1 aliphatic heterocycles. The van der Waals surface area contributed by atoms with Crippen LogP contribution in [0, 0.1) is 6.92 Å². The van der Waals surface area contributed by atoms with Crippen LogP contribution in [0.5, 0.6) is 0 Å². The van der Waals surface area contributed by atoms with Crippen LogP contribution in [0.2, 0.25) is 0 Å². The van der Waals surface area contributed by atoms with Crippen LogP contribution in [0.4, 0.5) is 0 Å². The molecule has 0 aromatic heterocycles. The van der Waals surface area contributed by atoms with Gasteiger partial charge in [-0.1, -0.05) is 54.1 Å². The van der Waals surface area contributed by atoms with E-state index in [-0.39, 0.29) is 24.4 Å². The zero-order chi connectivity index (χ0) is 14.7. The number of carbonyl (C=O) groups is 1. The first kappa shape index (κ1) is 16.5. The number of rotatable bonds is 3. The lowest BCUT2D eigenvalue weighted by Crippen LogP contribution is -2.42. The highest BCUT2D eigenvalue weighted by molar-refractivity contribution is 5.85. The molecule has 0 amide bonds. The standard InChI is InChI=1S/C18H19NO2.ClH/c1-13-7-8-15-11-19-17(10-16(15)9-13)18(20)21-12-14-5-3-2-4-6-14;/h2-9,17,19H,10-12H2,1H3;1H. The number of halogens is 1. The van der Waals surface area contributed by atoms with E-state index < -0.39 is 0 Å². The van der Waals surface area contributed by atoms with Crippen molar-refractivity contribution in [2.75, 3.05) is 0 Å². The number of esters is 1. The molecule has 3 rings (SSSR count). The number of carbonyl (C=O) groups excluding carboxylic acids is 1. The molecule has 1 heterocycles. The summed E-state index contributed by atoms with van der Waals surface area (Å²) >= 11 is 0. The minimum Gasteiger partial charge on any atom is -0.460 e. The maximum Gasteiger partial charge on any atom is 0.323 e. The molecule has 1 atom stereocenters. The molecule has 0 saturated carbocycles. The Labute approximate surface area is 137 Å². The van der Waals surface area contributed by atoms with Gasteiger partial charge in [-0.05, 0) is 30.0 Å². The number of hydrogen-bond acceptors (Lipinski definition) is 3. The summed E-state index contributed by atoms with van der Waals surface area (Å²) in [6, 6.07) is 15.9. The largest absolute Gasteiger partial charge is 0.460 e. The predicted molar refractivity (Wildman–Crippen MR) is 89.0 cm³/mol. The summed E-state index contributed by atoms with van der Waals surface area (Å²) < 4.78 is 5.41. The predicted octanol–water partition coefficient (Wildman–Crippen LogP) is 3.17. The lowest BCUT2D eigenvalue weighted by molar-refractivity contribution is -0.147. The quantitative estimate of drug-likeness (QED) is 0.884. The fourth-order valence-corrected chi connectivity index (χ4v) is 2.64. The Bertz CT molecular complexity index is 643. The molecule has 2 aromatic rings. The molecule has 4 heteroatoms. The van der Waals surface area contributed by atoms with Gasteiger partial charge >= 0.3 is 5.97 Å². The smallest absolute Gasteiger partial charge is 0.323 e. The highest BCUT2D eigenvalue weighted by atomic mass is 35.5. The maximum absolute atomic E-state index is 12.2. The molecule has 3 nitrogen and oxygen atoms in total. The van der Waals surface area contributed by atoms with Crippen LogP contribution in [-0.4, -0.2) is 12.0 Å². The van der Waals surface area contributed by atoms with Crippen molar-refractivity contribution in [2.45, 2.75) is 32.5 Å². The summed E-state index contributed by atoms with van der Waals surface area (Å²) in [7, 11) is 0. The van der Waals surface area contributed by atoms with Crippen LogP contribution >= 0.6 is 12.4 Å². The molecule has 0 radical (unpaired) electrons. The van der Waals surface area contributed by atoms with Crippen LogP contribution in [-0.2, 0) is 29.1 Å². The summed E-state index contributed by atoms with van der Waals surface area (Å²) in [5.74, 6) is -0.175. The molecule has 1 unspecified atom stereocenters. The molecule has 0 saturated heterocycles. The number of aryl methyl sites for hydroxylation is 1. The zero-order valence-corrected chi connectivity index (χ0v) is 13.4. The Morgan fingerprint density at radius 3 is 2.73 bits per heavy atom. The van der Waals surface area contributed by atoms with Gasteiger partial charge in [0.05, 0.1) is 0 Å². The fourth-order valence-electron chi connectivity index (χ4n) is 2.64. The van der Waals surface area contributed by atoms with Crippen LogP contribution < -0.4 is 5.32 Å². The molecule has 1 aliphatic rings. The molecule has 0 aliphatic carbocycles. The molecule has 0 spiro atoms. The molecule has 0 bridgehead atoms. The lowest BCUT2D eigenvalue weighted by Gasteiger charge is -2.25. The SMILES string of the molecule is Cc1ccc2c(c1)CC(C(=O)OCc1ccccc1)NC2.Cl. The fraction of sp³-hybridized carbons (Fsp3) is 0.278. The Balaban J connectivity index is 0.00000176. The van der Waals surface area contributed by atoms with Gasteiger partial charge in [-0.25, -0.2) is 0 Å². The van der Waals surface area contributed by atoms with Crippen molar-refractivity contribution in [3.63, 3.8) is 0 Å². The van der Waals surface area contributed by atoms with E-state index in [1.165, 1.54) is 16.7 Å². The van der Waals surface area contributed by atoms with Crippen molar-refractivity contribution >= 4 is 18.4 Å². The van der Waals surface area contributed by atoms with Crippen LogP contribution in [0.15, 0.2) is 48.5 Å². The van der Waals surface area contributed by atoms with E-state index in [9.17, 15) is 4.79 Å². The molecular weight excluding hydrogens is 298 g/mol.